The van der Waals surface area contributed by atoms with E-state index in [1.54, 1.807) is 6.92 Å². The molecule has 0 fully saturated rings. The zero-order valence-corrected chi connectivity index (χ0v) is 4.72. The van der Waals surface area contributed by atoms with Gasteiger partial charge in [-0.05, 0) is 6.92 Å². The molecule has 4 nitrogen and oxygen atoms in total. The Labute approximate surface area is 47.7 Å². The maximum Gasteiger partial charge on any atom is 0.312 e. The Morgan fingerprint density at radius 1 is 2.00 bits per heavy atom. The largest absolute Gasteiger partial charge is 0.392 e. The minimum absolute atomic E-state index is 0.218. The van der Waals surface area contributed by atoms with Gasteiger partial charge in [0.25, 0.3) is 0 Å². The molecule has 0 aromatic rings. The first-order valence-corrected chi connectivity index (χ1v) is 2.34. The van der Waals surface area contributed by atoms with E-state index in [4.69, 9.17) is 5.11 Å². The minimum atomic E-state index is -0.606. The van der Waals surface area contributed by atoms with Gasteiger partial charge in [0.2, 0.25) is 0 Å². The normalized spacial score (nSPS) is 12.8. The number of primary amides is 1. The van der Waals surface area contributed by atoms with Crippen LogP contribution in [0, 0.1) is 0 Å². The molecule has 0 spiro atoms. The highest BCUT2D eigenvalue weighted by Crippen LogP contribution is 1.71. The fourth-order valence-electron chi connectivity index (χ4n) is 0.248. The lowest BCUT2D eigenvalue weighted by Crippen LogP contribution is -2.34. The van der Waals surface area contributed by atoms with Crippen molar-refractivity contribution in [3.8, 4) is 0 Å². The van der Waals surface area contributed by atoms with E-state index in [0.717, 1.165) is 0 Å². The third-order valence-electron chi connectivity index (χ3n) is 0.572. The van der Waals surface area contributed by atoms with Crippen molar-refractivity contribution in [2.45, 2.75) is 13.0 Å². The van der Waals surface area contributed by atoms with Gasteiger partial charge in [0.05, 0.1) is 6.10 Å². The first-order valence-electron chi connectivity index (χ1n) is 2.34. The van der Waals surface area contributed by atoms with Gasteiger partial charge in [-0.3, -0.25) is 0 Å². The van der Waals surface area contributed by atoms with Gasteiger partial charge in [0.15, 0.2) is 0 Å². The van der Waals surface area contributed by atoms with Crippen molar-refractivity contribution in [3.05, 3.63) is 0 Å². The molecule has 0 saturated heterocycles. The van der Waals surface area contributed by atoms with Gasteiger partial charge in [-0.2, -0.15) is 0 Å². The molecule has 0 aliphatic carbocycles. The molecule has 48 valence electrons. The smallest absolute Gasteiger partial charge is 0.312 e. The first-order chi connectivity index (χ1) is 3.63. The van der Waals surface area contributed by atoms with Crippen LogP contribution in [-0.4, -0.2) is 23.8 Å². The number of urea groups is 1. The van der Waals surface area contributed by atoms with Gasteiger partial charge in [0, 0.05) is 6.54 Å². The molecule has 0 bridgehead atoms. The number of aliphatic hydroxyl groups excluding tert-OH is 1. The fraction of sp³-hybridized carbons (Fsp3) is 0.750. The summed E-state index contributed by atoms with van der Waals surface area (Å²) in [6.07, 6.45) is -0.525. The van der Waals surface area contributed by atoms with E-state index in [1.165, 1.54) is 0 Å². The van der Waals surface area contributed by atoms with Gasteiger partial charge in [-0.15, -0.1) is 0 Å². The van der Waals surface area contributed by atoms with Gasteiger partial charge < -0.3 is 16.2 Å². The number of carbonyl (C=O) groups excluding carboxylic acids is 1. The van der Waals surface area contributed by atoms with Crippen LogP contribution in [0.15, 0.2) is 0 Å². The molecule has 0 aliphatic heterocycles. The fourth-order valence-corrected chi connectivity index (χ4v) is 0.248. The summed E-state index contributed by atoms with van der Waals surface area (Å²) in [5.74, 6) is 0. The number of aliphatic hydroxyl groups is 1. The van der Waals surface area contributed by atoms with Crippen LogP contribution in [0.5, 0.6) is 0 Å². The highest BCUT2D eigenvalue weighted by Gasteiger charge is 1.94. The zero-order valence-electron chi connectivity index (χ0n) is 4.72. The van der Waals surface area contributed by atoms with E-state index >= 15 is 0 Å². The summed E-state index contributed by atoms with van der Waals surface area (Å²) in [4.78, 5) is 9.90. The zero-order chi connectivity index (χ0) is 6.57. The second-order valence-electron chi connectivity index (χ2n) is 1.59. The molecule has 0 heterocycles. The van der Waals surface area contributed by atoms with Crippen LogP contribution in [-0.2, 0) is 0 Å². The summed E-state index contributed by atoms with van der Waals surface area (Å²) in [5.41, 5.74) is 4.68. The molecule has 0 aromatic carbocycles. The topological polar surface area (TPSA) is 75.3 Å². The molecule has 4 heteroatoms. The Hall–Kier alpha value is -0.770. The summed E-state index contributed by atoms with van der Waals surface area (Å²) < 4.78 is 0. The summed E-state index contributed by atoms with van der Waals surface area (Å²) in [7, 11) is 0. The molecule has 4 N–H and O–H groups in total. The molecule has 0 unspecified atom stereocenters. The highest BCUT2D eigenvalue weighted by molar-refractivity contribution is 5.71. The van der Waals surface area contributed by atoms with Crippen LogP contribution >= 0.6 is 0 Å². The lowest BCUT2D eigenvalue weighted by molar-refractivity contribution is 0.189. The third-order valence-corrected chi connectivity index (χ3v) is 0.572. The SMILES string of the molecule is C[C@@H](O)CNC(N)=O. The average molecular weight is 118 g/mol. The summed E-state index contributed by atoms with van der Waals surface area (Å²) >= 11 is 0. The molecule has 2 amide bonds. The monoisotopic (exact) mass is 118 g/mol. The second-order valence-corrected chi connectivity index (χ2v) is 1.59. The van der Waals surface area contributed by atoms with Gasteiger partial charge in [-0.25, -0.2) is 4.79 Å². The van der Waals surface area contributed by atoms with Crippen molar-refractivity contribution < 1.29 is 9.90 Å². The molecule has 0 saturated carbocycles. The number of hydrogen-bond donors (Lipinski definition) is 3. The lowest BCUT2D eigenvalue weighted by atomic mass is 10.4. The van der Waals surface area contributed by atoms with Crippen molar-refractivity contribution in [3.63, 3.8) is 0 Å². The van der Waals surface area contributed by atoms with Crippen LogP contribution in [0.25, 0.3) is 0 Å². The van der Waals surface area contributed by atoms with E-state index < -0.39 is 12.1 Å². The van der Waals surface area contributed by atoms with Crippen LogP contribution in [0.4, 0.5) is 4.79 Å². The third kappa shape index (κ3) is 5.23. The van der Waals surface area contributed by atoms with Gasteiger partial charge in [0.1, 0.15) is 0 Å². The van der Waals surface area contributed by atoms with Gasteiger partial charge >= 0.3 is 6.03 Å². The Bertz CT molecular complexity index is 82.1. The Kier molecular flexibility index (Phi) is 2.95. The van der Waals surface area contributed by atoms with E-state index in [9.17, 15) is 4.79 Å². The van der Waals surface area contributed by atoms with Crippen molar-refractivity contribution in [1.29, 1.82) is 0 Å². The molecule has 0 rings (SSSR count). The number of rotatable bonds is 2. The van der Waals surface area contributed by atoms with E-state index in [1.807, 2.05) is 0 Å². The van der Waals surface area contributed by atoms with Crippen molar-refractivity contribution >= 4 is 6.03 Å². The molecular weight excluding hydrogens is 108 g/mol. The van der Waals surface area contributed by atoms with Crippen molar-refractivity contribution in [2.75, 3.05) is 6.54 Å². The second kappa shape index (κ2) is 3.26. The van der Waals surface area contributed by atoms with Crippen LogP contribution in [0.2, 0.25) is 0 Å². The van der Waals surface area contributed by atoms with E-state index in [-0.39, 0.29) is 6.54 Å². The summed E-state index contributed by atoms with van der Waals surface area (Å²) in [6, 6.07) is -0.606. The molecule has 8 heavy (non-hydrogen) atoms. The number of amides is 2. The Morgan fingerprint density at radius 3 is 2.62 bits per heavy atom. The first kappa shape index (κ1) is 7.23. The maximum atomic E-state index is 9.90. The number of nitrogens with one attached hydrogen (secondary N) is 1. The van der Waals surface area contributed by atoms with Gasteiger partial charge in [-0.1, -0.05) is 0 Å². The minimum Gasteiger partial charge on any atom is -0.392 e. The summed E-state index contributed by atoms with van der Waals surface area (Å²) in [5, 5.41) is 10.8. The van der Waals surface area contributed by atoms with E-state index in [2.05, 4.69) is 11.1 Å². The predicted octanol–water partition coefficient (Wildman–Crippen LogP) is -0.965. The maximum absolute atomic E-state index is 9.90. The quantitative estimate of drug-likeness (QED) is 0.436. The molecule has 0 aliphatic rings. The number of carbonyl (C=O) groups is 1. The Balaban J connectivity index is 3.05. The average Bonchev–Trinajstić information content (AvgIpc) is 1.61. The standard InChI is InChI=1S/C4H10N2O2/c1-3(7)2-6-4(5)8/h3,7H,2H2,1H3,(H3,5,6,8)/t3-/m1/s1. The van der Waals surface area contributed by atoms with Crippen LogP contribution < -0.4 is 11.1 Å². The number of nitrogens with two attached hydrogens (primary N) is 1. The highest BCUT2D eigenvalue weighted by atomic mass is 16.3. The molecule has 1 atom stereocenters. The van der Waals surface area contributed by atoms with Crippen molar-refractivity contribution in [2.24, 2.45) is 5.73 Å². The molecular formula is C4H10N2O2. The Morgan fingerprint density at radius 2 is 2.50 bits per heavy atom. The lowest BCUT2D eigenvalue weighted by Gasteiger charge is -2.01. The summed E-state index contributed by atoms with van der Waals surface area (Å²) in [6.45, 7) is 1.78. The van der Waals surface area contributed by atoms with Crippen LogP contribution in [0.3, 0.4) is 0 Å². The molecule has 0 aromatic heterocycles. The molecule has 0 radical (unpaired) electrons. The van der Waals surface area contributed by atoms with Crippen molar-refractivity contribution in [1.82, 2.24) is 5.32 Å². The van der Waals surface area contributed by atoms with Crippen LogP contribution in [0.1, 0.15) is 6.92 Å². The number of hydrogen-bond acceptors (Lipinski definition) is 2. The van der Waals surface area contributed by atoms with E-state index in [0.29, 0.717) is 0 Å². The predicted molar refractivity (Wildman–Crippen MR) is 29.3 cm³/mol.